The number of piperidine rings is 1. The number of pyridine rings is 1. The standard InChI is InChI=1S/C14H21ClN2O/c1-2-9-18-13-6-3-7-16-14(13)17-8-4-5-12(10-15)11-17/h3,6-7,12H,2,4-5,8-11H2,1H3. The van der Waals surface area contributed by atoms with Gasteiger partial charge in [-0.25, -0.2) is 4.98 Å². The molecule has 0 bridgehead atoms. The van der Waals surface area contributed by atoms with E-state index < -0.39 is 0 Å². The molecular formula is C14H21ClN2O. The van der Waals surface area contributed by atoms with Gasteiger partial charge in [0.1, 0.15) is 0 Å². The molecule has 0 aromatic carbocycles. The Morgan fingerprint density at radius 3 is 3.22 bits per heavy atom. The zero-order chi connectivity index (χ0) is 12.8. The third kappa shape index (κ3) is 3.29. The highest BCUT2D eigenvalue weighted by Gasteiger charge is 2.22. The average molecular weight is 269 g/mol. The molecule has 1 aromatic rings. The first kappa shape index (κ1) is 13.5. The van der Waals surface area contributed by atoms with Crippen LogP contribution in [0.5, 0.6) is 5.75 Å². The van der Waals surface area contributed by atoms with Crippen molar-refractivity contribution in [3.05, 3.63) is 18.3 Å². The summed E-state index contributed by atoms with van der Waals surface area (Å²) in [7, 11) is 0. The first-order valence-electron chi connectivity index (χ1n) is 6.74. The van der Waals surface area contributed by atoms with Crippen molar-refractivity contribution in [2.75, 3.05) is 30.5 Å². The van der Waals surface area contributed by atoms with Crippen LogP contribution in [-0.4, -0.2) is 30.6 Å². The molecule has 4 heteroatoms. The molecule has 0 radical (unpaired) electrons. The molecule has 100 valence electrons. The van der Waals surface area contributed by atoms with Gasteiger partial charge in [-0.15, -0.1) is 11.6 Å². The normalized spacial score (nSPS) is 19.9. The van der Waals surface area contributed by atoms with Crippen LogP contribution >= 0.6 is 11.6 Å². The molecule has 2 rings (SSSR count). The summed E-state index contributed by atoms with van der Waals surface area (Å²) in [6.07, 6.45) is 5.25. The lowest BCUT2D eigenvalue weighted by molar-refractivity contribution is 0.315. The summed E-state index contributed by atoms with van der Waals surface area (Å²) in [5, 5.41) is 0. The number of ether oxygens (including phenoxy) is 1. The fourth-order valence-corrected chi connectivity index (χ4v) is 2.58. The number of aromatic nitrogens is 1. The van der Waals surface area contributed by atoms with E-state index in [-0.39, 0.29) is 0 Å². The Bertz CT molecular complexity index is 373. The number of anilines is 1. The second-order valence-electron chi connectivity index (χ2n) is 4.78. The fraction of sp³-hybridized carbons (Fsp3) is 0.643. The van der Waals surface area contributed by atoms with E-state index in [9.17, 15) is 0 Å². The Kier molecular flexibility index (Phi) is 5.12. The lowest BCUT2D eigenvalue weighted by atomic mass is 10.00. The Hall–Kier alpha value is -0.960. The minimum absolute atomic E-state index is 0.571. The van der Waals surface area contributed by atoms with Crippen LogP contribution in [0.2, 0.25) is 0 Å². The fourth-order valence-electron chi connectivity index (χ4n) is 2.33. The molecular weight excluding hydrogens is 248 g/mol. The Balaban J connectivity index is 2.11. The summed E-state index contributed by atoms with van der Waals surface area (Å²) in [5.41, 5.74) is 0. The molecule has 1 fully saturated rings. The minimum Gasteiger partial charge on any atom is -0.490 e. The van der Waals surface area contributed by atoms with Crippen molar-refractivity contribution in [2.45, 2.75) is 26.2 Å². The van der Waals surface area contributed by atoms with Crippen molar-refractivity contribution in [3.8, 4) is 5.75 Å². The topological polar surface area (TPSA) is 25.4 Å². The van der Waals surface area contributed by atoms with Gasteiger partial charge in [-0.2, -0.15) is 0 Å². The van der Waals surface area contributed by atoms with E-state index in [1.165, 1.54) is 12.8 Å². The Morgan fingerprint density at radius 1 is 1.56 bits per heavy atom. The van der Waals surface area contributed by atoms with E-state index in [4.69, 9.17) is 16.3 Å². The largest absolute Gasteiger partial charge is 0.490 e. The summed E-state index contributed by atoms with van der Waals surface area (Å²) in [5.74, 6) is 3.17. The smallest absolute Gasteiger partial charge is 0.171 e. The molecule has 1 aliphatic heterocycles. The number of rotatable bonds is 5. The molecule has 0 N–H and O–H groups in total. The van der Waals surface area contributed by atoms with Gasteiger partial charge in [0, 0.05) is 25.2 Å². The van der Waals surface area contributed by atoms with E-state index in [1.807, 2.05) is 18.3 Å². The lowest BCUT2D eigenvalue weighted by Gasteiger charge is -2.33. The van der Waals surface area contributed by atoms with Crippen LogP contribution in [0, 0.1) is 5.92 Å². The summed E-state index contributed by atoms with van der Waals surface area (Å²) < 4.78 is 5.77. The molecule has 1 atom stereocenters. The van der Waals surface area contributed by atoms with Crippen LogP contribution in [-0.2, 0) is 0 Å². The Morgan fingerprint density at radius 2 is 2.44 bits per heavy atom. The van der Waals surface area contributed by atoms with Gasteiger partial charge < -0.3 is 9.64 Å². The van der Waals surface area contributed by atoms with Crippen LogP contribution in [0.25, 0.3) is 0 Å². The van der Waals surface area contributed by atoms with E-state index in [0.29, 0.717) is 5.92 Å². The van der Waals surface area contributed by atoms with Crippen LogP contribution in [0.4, 0.5) is 5.82 Å². The third-order valence-electron chi connectivity index (χ3n) is 3.25. The van der Waals surface area contributed by atoms with Gasteiger partial charge in [-0.1, -0.05) is 6.92 Å². The second kappa shape index (κ2) is 6.83. The van der Waals surface area contributed by atoms with E-state index in [1.54, 1.807) is 0 Å². The molecule has 0 aliphatic carbocycles. The molecule has 18 heavy (non-hydrogen) atoms. The van der Waals surface area contributed by atoms with Gasteiger partial charge in [0.05, 0.1) is 6.61 Å². The van der Waals surface area contributed by atoms with Crippen molar-refractivity contribution < 1.29 is 4.74 Å². The molecule has 1 unspecified atom stereocenters. The highest BCUT2D eigenvalue weighted by atomic mass is 35.5. The first-order chi connectivity index (χ1) is 8.85. The zero-order valence-electron chi connectivity index (χ0n) is 10.9. The monoisotopic (exact) mass is 268 g/mol. The molecule has 0 spiro atoms. The molecule has 0 saturated carbocycles. The van der Waals surface area contributed by atoms with Gasteiger partial charge in [-0.05, 0) is 37.3 Å². The van der Waals surface area contributed by atoms with Crippen molar-refractivity contribution in [1.82, 2.24) is 4.98 Å². The van der Waals surface area contributed by atoms with E-state index >= 15 is 0 Å². The van der Waals surface area contributed by atoms with Gasteiger partial charge in [0.25, 0.3) is 0 Å². The molecule has 3 nitrogen and oxygen atoms in total. The maximum Gasteiger partial charge on any atom is 0.171 e. The van der Waals surface area contributed by atoms with E-state index in [0.717, 1.165) is 43.6 Å². The predicted octanol–water partition coefficient (Wildman–Crippen LogP) is 3.33. The van der Waals surface area contributed by atoms with Crippen molar-refractivity contribution in [1.29, 1.82) is 0 Å². The van der Waals surface area contributed by atoms with Gasteiger partial charge >= 0.3 is 0 Å². The number of hydrogen-bond acceptors (Lipinski definition) is 3. The van der Waals surface area contributed by atoms with Crippen LogP contribution < -0.4 is 9.64 Å². The number of nitrogens with zero attached hydrogens (tertiary/aromatic N) is 2. The lowest BCUT2D eigenvalue weighted by Crippen LogP contribution is -2.36. The zero-order valence-corrected chi connectivity index (χ0v) is 11.7. The molecule has 2 heterocycles. The predicted molar refractivity (Wildman–Crippen MR) is 75.7 cm³/mol. The summed E-state index contributed by atoms with van der Waals surface area (Å²) >= 11 is 5.98. The minimum atomic E-state index is 0.571. The highest BCUT2D eigenvalue weighted by molar-refractivity contribution is 6.18. The number of alkyl halides is 1. The Labute approximate surface area is 114 Å². The molecule has 1 aromatic heterocycles. The van der Waals surface area contributed by atoms with Gasteiger partial charge in [-0.3, -0.25) is 0 Å². The van der Waals surface area contributed by atoms with Crippen LogP contribution in [0.3, 0.4) is 0 Å². The third-order valence-corrected chi connectivity index (χ3v) is 3.69. The van der Waals surface area contributed by atoms with Crippen molar-refractivity contribution >= 4 is 17.4 Å². The second-order valence-corrected chi connectivity index (χ2v) is 5.09. The van der Waals surface area contributed by atoms with Gasteiger partial charge in [0.2, 0.25) is 0 Å². The summed E-state index contributed by atoms with van der Waals surface area (Å²) in [6.45, 7) is 4.89. The van der Waals surface area contributed by atoms with Crippen molar-refractivity contribution in [3.63, 3.8) is 0 Å². The molecule has 1 saturated heterocycles. The first-order valence-corrected chi connectivity index (χ1v) is 7.27. The maximum atomic E-state index is 5.98. The van der Waals surface area contributed by atoms with E-state index in [2.05, 4.69) is 16.8 Å². The van der Waals surface area contributed by atoms with Crippen molar-refractivity contribution in [2.24, 2.45) is 5.92 Å². The maximum absolute atomic E-state index is 5.98. The SMILES string of the molecule is CCCOc1cccnc1N1CCCC(CCl)C1. The molecule has 0 amide bonds. The average Bonchev–Trinajstić information content (AvgIpc) is 2.45. The van der Waals surface area contributed by atoms with Crippen LogP contribution in [0.15, 0.2) is 18.3 Å². The quantitative estimate of drug-likeness (QED) is 0.766. The number of halogens is 1. The summed E-state index contributed by atoms with van der Waals surface area (Å²) in [4.78, 5) is 6.79. The highest BCUT2D eigenvalue weighted by Crippen LogP contribution is 2.29. The van der Waals surface area contributed by atoms with Crippen LogP contribution in [0.1, 0.15) is 26.2 Å². The number of hydrogen-bond donors (Lipinski definition) is 0. The molecule has 1 aliphatic rings. The van der Waals surface area contributed by atoms with Gasteiger partial charge in [0.15, 0.2) is 11.6 Å². The summed E-state index contributed by atoms with van der Waals surface area (Å²) in [6, 6.07) is 3.93.